The molecule has 0 fully saturated rings. The summed E-state index contributed by atoms with van der Waals surface area (Å²) in [4.78, 5) is 13.8. The summed E-state index contributed by atoms with van der Waals surface area (Å²) in [6.07, 6.45) is 1.96. The fraction of sp³-hybridized carbons (Fsp3) is 0.438. The summed E-state index contributed by atoms with van der Waals surface area (Å²) < 4.78 is 5.48. The van der Waals surface area contributed by atoms with E-state index in [9.17, 15) is 4.79 Å². The lowest BCUT2D eigenvalue weighted by molar-refractivity contribution is -0.121. The number of carbonyl (C=O) groups excluding carboxylic acids is 1. The van der Waals surface area contributed by atoms with Gasteiger partial charge in [0, 0.05) is 12.6 Å². The first-order valence-corrected chi connectivity index (χ1v) is 7.00. The molecule has 1 aromatic carbocycles. The summed E-state index contributed by atoms with van der Waals surface area (Å²) >= 11 is 0. The Labute approximate surface area is 120 Å². The molecule has 1 aliphatic heterocycles. The summed E-state index contributed by atoms with van der Waals surface area (Å²) in [6.45, 7) is 8.50. The molecule has 0 saturated carbocycles. The highest BCUT2D eigenvalue weighted by Gasteiger charge is 2.26. The van der Waals surface area contributed by atoms with E-state index in [0.29, 0.717) is 6.54 Å². The zero-order valence-corrected chi connectivity index (χ0v) is 12.2. The molecule has 0 radical (unpaired) electrons. The molecule has 1 amide bonds. The van der Waals surface area contributed by atoms with E-state index >= 15 is 0 Å². The summed E-state index contributed by atoms with van der Waals surface area (Å²) in [5.74, 6) is 0.694. The van der Waals surface area contributed by atoms with E-state index in [0.717, 1.165) is 35.4 Å². The molecule has 0 aromatic heterocycles. The van der Waals surface area contributed by atoms with Crippen LogP contribution in [0.5, 0.6) is 5.75 Å². The van der Waals surface area contributed by atoms with E-state index in [2.05, 4.69) is 13.5 Å². The highest BCUT2D eigenvalue weighted by atomic mass is 16.5. The number of nitrogens with zero attached hydrogens (tertiary/aromatic N) is 1. The maximum absolute atomic E-state index is 12.0. The van der Waals surface area contributed by atoms with Gasteiger partial charge in [0.25, 0.3) is 5.91 Å². The largest absolute Gasteiger partial charge is 0.482 e. The minimum absolute atomic E-state index is 0.00555. The van der Waals surface area contributed by atoms with Crippen molar-refractivity contribution in [2.75, 3.05) is 18.1 Å². The van der Waals surface area contributed by atoms with Crippen molar-refractivity contribution >= 4 is 11.6 Å². The number of ether oxygens (including phenoxy) is 1. The van der Waals surface area contributed by atoms with Gasteiger partial charge in [0.15, 0.2) is 6.61 Å². The number of amides is 1. The molecule has 20 heavy (non-hydrogen) atoms. The van der Waals surface area contributed by atoms with Gasteiger partial charge in [-0.2, -0.15) is 0 Å². The van der Waals surface area contributed by atoms with Crippen LogP contribution in [0.15, 0.2) is 30.4 Å². The molecular formula is C16H22N2O2. The minimum atomic E-state index is -0.0401. The van der Waals surface area contributed by atoms with Gasteiger partial charge in [0.05, 0.1) is 5.69 Å². The third kappa shape index (κ3) is 3.02. The van der Waals surface area contributed by atoms with Crippen LogP contribution in [0, 0.1) is 0 Å². The molecule has 1 atom stereocenters. The Morgan fingerprint density at radius 3 is 2.95 bits per heavy atom. The monoisotopic (exact) mass is 274 g/mol. The Bertz CT molecular complexity index is 525. The van der Waals surface area contributed by atoms with Gasteiger partial charge in [-0.05, 0) is 31.0 Å². The summed E-state index contributed by atoms with van der Waals surface area (Å²) in [5.41, 5.74) is 8.93. The molecule has 108 valence electrons. The molecule has 4 nitrogen and oxygen atoms in total. The van der Waals surface area contributed by atoms with E-state index in [1.54, 1.807) is 4.90 Å². The first-order valence-electron chi connectivity index (χ1n) is 7.00. The predicted molar refractivity (Wildman–Crippen MR) is 80.9 cm³/mol. The van der Waals surface area contributed by atoms with Crippen LogP contribution in [0.3, 0.4) is 0 Å². The molecule has 1 aromatic rings. The average molecular weight is 274 g/mol. The summed E-state index contributed by atoms with van der Waals surface area (Å²) in [7, 11) is 0. The van der Waals surface area contributed by atoms with Crippen molar-refractivity contribution in [3.63, 3.8) is 0 Å². The van der Waals surface area contributed by atoms with Crippen molar-refractivity contribution in [2.24, 2.45) is 5.73 Å². The topological polar surface area (TPSA) is 55.6 Å². The molecule has 0 spiro atoms. The fourth-order valence-corrected chi connectivity index (χ4v) is 2.37. The van der Waals surface area contributed by atoms with E-state index in [4.69, 9.17) is 10.5 Å². The second-order valence-electron chi connectivity index (χ2n) is 5.35. The van der Waals surface area contributed by atoms with Crippen molar-refractivity contribution < 1.29 is 9.53 Å². The van der Waals surface area contributed by atoms with Gasteiger partial charge < -0.3 is 15.4 Å². The van der Waals surface area contributed by atoms with Gasteiger partial charge >= 0.3 is 0 Å². The van der Waals surface area contributed by atoms with Gasteiger partial charge in [-0.25, -0.2) is 0 Å². The number of hydrogen-bond donors (Lipinski definition) is 1. The number of benzene rings is 1. The van der Waals surface area contributed by atoms with E-state index in [-0.39, 0.29) is 18.6 Å². The molecule has 2 rings (SSSR count). The third-order valence-electron chi connectivity index (χ3n) is 3.38. The van der Waals surface area contributed by atoms with Crippen molar-refractivity contribution in [3.8, 4) is 5.75 Å². The molecule has 2 N–H and O–H groups in total. The summed E-state index contributed by atoms with van der Waals surface area (Å²) in [5, 5.41) is 0. The quantitative estimate of drug-likeness (QED) is 0.840. The number of hydrogen-bond acceptors (Lipinski definition) is 3. The zero-order valence-electron chi connectivity index (χ0n) is 12.2. The van der Waals surface area contributed by atoms with Crippen LogP contribution >= 0.6 is 0 Å². The fourth-order valence-electron chi connectivity index (χ4n) is 2.37. The molecule has 4 heteroatoms. The predicted octanol–water partition coefficient (Wildman–Crippen LogP) is 2.79. The highest BCUT2D eigenvalue weighted by molar-refractivity contribution is 5.98. The van der Waals surface area contributed by atoms with Crippen LogP contribution in [0.1, 0.15) is 38.3 Å². The lowest BCUT2D eigenvalue weighted by Crippen LogP contribution is -2.39. The molecule has 1 unspecified atom stereocenters. The van der Waals surface area contributed by atoms with Crippen LogP contribution in [0.4, 0.5) is 5.69 Å². The smallest absolute Gasteiger partial charge is 0.265 e. The Morgan fingerprint density at radius 2 is 2.30 bits per heavy atom. The maximum Gasteiger partial charge on any atom is 0.265 e. The maximum atomic E-state index is 12.0. The van der Waals surface area contributed by atoms with Crippen LogP contribution in [0.2, 0.25) is 0 Å². The lowest BCUT2D eigenvalue weighted by Gasteiger charge is -2.30. The normalized spacial score (nSPS) is 15.6. The zero-order chi connectivity index (χ0) is 14.7. The van der Waals surface area contributed by atoms with E-state index in [1.165, 1.54) is 0 Å². The number of fused-ring (bicyclic) bond motifs is 1. The van der Waals surface area contributed by atoms with E-state index in [1.807, 2.05) is 25.1 Å². The Morgan fingerprint density at radius 1 is 1.55 bits per heavy atom. The van der Waals surface area contributed by atoms with Gasteiger partial charge in [0.1, 0.15) is 5.75 Å². The number of anilines is 1. The number of nitrogens with two attached hydrogens (primary N) is 1. The molecular weight excluding hydrogens is 252 g/mol. The molecule has 1 aliphatic rings. The van der Waals surface area contributed by atoms with Gasteiger partial charge in [-0.3, -0.25) is 4.79 Å². The first kappa shape index (κ1) is 14.6. The SMILES string of the molecule is C=C(C)CN1C(=O)COc2ccc(C(N)CCC)cc21. The number of carbonyl (C=O) groups is 1. The molecule has 0 bridgehead atoms. The second-order valence-corrected chi connectivity index (χ2v) is 5.35. The second kappa shape index (κ2) is 6.09. The van der Waals surface area contributed by atoms with Crippen molar-refractivity contribution in [1.29, 1.82) is 0 Å². The summed E-state index contributed by atoms with van der Waals surface area (Å²) in [6, 6.07) is 5.84. The van der Waals surface area contributed by atoms with Crippen LogP contribution < -0.4 is 15.4 Å². The van der Waals surface area contributed by atoms with Crippen LogP contribution in [-0.2, 0) is 4.79 Å². The van der Waals surface area contributed by atoms with Crippen LogP contribution in [-0.4, -0.2) is 19.1 Å². The molecule has 0 saturated heterocycles. The number of rotatable bonds is 5. The lowest BCUT2D eigenvalue weighted by atomic mass is 10.0. The Kier molecular flexibility index (Phi) is 4.45. The third-order valence-corrected chi connectivity index (χ3v) is 3.38. The van der Waals surface area contributed by atoms with Gasteiger partial charge in [-0.15, -0.1) is 0 Å². The van der Waals surface area contributed by atoms with Crippen LogP contribution in [0.25, 0.3) is 0 Å². The molecule has 0 aliphatic carbocycles. The Balaban J connectivity index is 2.35. The van der Waals surface area contributed by atoms with Gasteiger partial charge in [0.2, 0.25) is 0 Å². The highest BCUT2D eigenvalue weighted by Crippen LogP contribution is 2.35. The van der Waals surface area contributed by atoms with Crippen molar-refractivity contribution in [1.82, 2.24) is 0 Å². The molecule has 1 heterocycles. The van der Waals surface area contributed by atoms with Crippen molar-refractivity contribution in [3.05, 3.63) is 35.9 Å². The first-order chi connectivity index (χ1) is 9.52. The van der Waals surface area contributed by atoms with Gasteiger partial charge in [-0.1, -0.05) is 31.6 Å². The minimum Gasteiger partial charge on any atom is -0.482 e. The Hall–Kier alpha value is -1.81. The average Bonchev–Trinajstić information content (AvgIpc) is 2.41. The van der Waals surface area contributed by atoms with Crippen molar-refractivity contribution in [2.45, 2.75) is 32.7 Å². The standard InChI is InChI=1S/C16H22N2O2/c1-4-5-13(17)12-6-7-15-14(8-12)18(9-11(2)3)16(19)10-20-15/h6-8,13H,2,4-5,9-10,17H2,1,3H3. The van der Waals surface area contributed by atoms with E-state index < -0.39 is 0 Å².